The Hall–Kier alpha value is -2.37. The molecule has 1 aliphatic carbocycles. The molecule has 1 saturated carbocycles. The van der Waals surface area contributed by atoms with Gasteiger partial charge in [-0.05, 0) is 37.8 Å². The molecule has 1 atom stereocenters. The molecule has 132 valence electrons. The molecule has 1 aliphatic heterocycles. The number of fused-ring (bicyclic) bond motifs is 2. The molecule has 2 aromatic rings. The van der Waals surface area contributed by atoms with E-state index in [1.165, 1.54) is 6.07 Å². The van der Waals surface area contributed by atoms with E-state index in [2.05, 4.69) is 9.97 Å². The summed E-state index contributed by atoms with van der Waals surface area (Å²) in [5, 5.41) is 0. The highest BCUT2D eigenvalue weighted by Gasteiger charge is 2.52. The molecule has 1 aromatic carbocycles. The molecule has 4 rings (SSSR count). The molecular weight excluding hydrogens is 321 g/mol. The van der Waals surface area contributed by atoms with Crippen LogP contribution in [0, 0.1) is 5.82 Å². The standard InChI is InChI=1S/C19H22FN3O2/c1-2-15(25-16-7-4-3-6-13(16)20)18(24)23-11-8-14-17(22-12-21-14)19(23)9-5-10-19/h3-4,6-7,12,15H,2,5,8-11H2,1H3,(H,21,22). The van der Waals surface area contributed by atoms with Crippen LogP contribution in [-0.4, -0.2) is 33.4 Å². The van der Waals surface area contributed by atoms with Crippen LogP contribution in [0.2, 0.25) is 0 Å². The number of ether oxygens (including phenoxy) is 1. The van der Waals surface area contributed by atoms with Crippen LogP contribution < -0.4 is 4.74 Å². The third kappa shape index (κ3) is 2.51. The fraction of sp³-hybridized carbons (Fsp3) is 0.474. The largest absolute Gasteiger partial charge is 0.478 e. The van der Waals surface area contributed by atoms with Crippen LogP contribution in [0.3, 0.4) is 0 Å². The number of halogens is 1. The minimum absolute atomic E-state index is 0.0703. The number of nitrogens with zero attached hydrogens (tertiary/aromatic N) is 2. The summed E-state index contributed by atoms with van der Waals surface area (Å²) in [5.41, 5.74) is 1.82. The average molecular weight is 343 g/mol. The summed E-state index contributed by atoms with van der Waals surface area (Å²) < 4.78 is 19.7. The van der Waals surface area contributed by atoms with E-state index < -0.39 is 11.9 Å². The minimum Gasteiger partial charge on any atom is -0.478 e. The lowest BCUT2D eigenvalue weighted by Crippen LogP contribution is -2.60. The first kappa shape index (κ1) is 16.1. The molecule has 2 aliphatic rings. The molecule has 0 radical (unpaired) electrons. The van der Waals surface area contributed by atoms with E-state index in [0.29, 0.717) is 13.0 Å². The first-order valence-electron chi connectivity index (χ1n) is 8.91. The number of carbonyl (C=O) groups excluding carboxylic acids is 1. The van der Waals surface area contributed by atoms with Gasteiger partial charge in [0.15, 0.2) is 17.7 Å². The number of amides is 1. The second kappa shape index (κ2) is 6.17. The van der Waals surface area contributed by atoms with Gasteiger partial charge in [-0.2, -0.15) is 0 Å². The Bertz CT molecular complexity index is 784. The minimum atomic E-state index is -0.685. The smallest absolute Gasteiger partial charge is 0.264 e. The Balaban J connectivity index is 1.60. The Morgan fingerprint density at radius 1 is 1.44 bits per heavy atom. The summed E-state index contributed by atoms with van der Waals surface area (Å²) in [6.07, 6.45) is 5.22. The summed E-state index contributed by atoms with van der Waals surface area (Å²) in [5.74, 6) is -0.387. The Morgan fingerprint density at radius 3 is 2.92 bits per heavy atom. The highest BCUT2D eigenvalue weighted by molar-refractivity contribution is 5.82. The molecule has 1 spiro atoms. The number of nitrogens with one attached hydrogen (secondary N) is 1. The highest BCUT2D eigenvalue weighted by atomic mass is 19.1. The molecule has 5 nitrogen and oxygen atoms in total. The predicted octanol–water partition coefficient (Wildman–Crippen LogP) is 3.17. The van der Waals surface area contributed by atoms with Gasteiger partial charge in [0.05, 0.1) is 17.6 Å². The summed E-state index contributed by atoms with van der Waals surface area (Å²) >= 11 is 0. The lowest BCUT2D eigenvalue weighted by molar-refractivity contribution is -0.152. The summed E-state index contributed by atoms with van der Waals surface area (Å²) in [4.78, 5) is 22.8. The van der Waals surface area contributed by atoms with Crippen molar-refractivity contribution in [2.45, 2.75) is 50.7 Å². The van der Waals surface area contributed by atoms with Crippen molar-refractivity contribution in [3.8, 4) is 5.75 Å². The van der Waals surface area contributed by atoms with Gasteiger partial charge >= 0.3 is 0 Å². The van der Waals surface area contributed by atoms with Gasteiger partial charge < -0.3 is 14.6 Å². The van der Waals surface area contributed by atoms with Crippen molar-refractivity contribution in [2.75, 3.05) is 6.54 Å². The zero-order valence-electron chi connectivity index (χ0n) is 14.3. The maximum atomic E-state index is 13.9. The van der Waals surface area contributed by atoms with E-state index in [-0.39, 0.29) is 17.2 Å². The Morgan fingerprint density at radius 2 is 2.24 bits per heavy atom. The van der Waals surface area contributed by atoms with E-state index in [4.69, 9.17) is 4.74 Å². The highest BCUT2D eigenvalue weighted by Crippen LogP contribution is 2.49. The molecule has 1 unspecified atom stereocenters. The third-order valence-corrected chi connectivity index (χ3v) is 5.46. The van der Waals surface area contributed by atoms with Gasteiger partial charge in [0.2, 0.25) is 0 Å². The quantitative estimate of drug-likeness (QED) is 0.928. The number of hydrogen-bond acceptors (Lipinski definition) is 3. The Labute approximate surface area is 146 Å². The lowest BCUT2D eigenvalue weighted by Gasteiger charge is -2.52. The SMILES string of the molecule is CCC(Oc1ccccc1F)C(=O)N1CCc2[nH]cnc2C12CCC2. The van der Waals surface area contributed by atoms with Gasteiger partial charge in [-0.1, -0.05) is 19.1 Å². The van der Waals surface area contributed by atoms with E-state index >= 15 is 0 Å². The second-order valence-electron chi connectivity index (χ2n) is 6.80. The van der Waals surface area contributed by atoms with Crippen LogP contribution in [0.15, 0.2) is 30.6 Å². The molecule has 1 aromatic heterocycles. The number of benzene rings is 1. The third-order valence-electron chi connectivity index (χ3n) is 5.46. The van der Waals surface area contributed by atoms with E-state index in [1.54, 1.807) is 24.5 Å². The number of rotatable bonds is 4. The van der Waals surface area contributed by atoms with Gasteiger partial charge in [0, 0.05) is 18.7 Å². The van der Waals surface area contributed by atoms with Crippen molar-refractivity contribution in [1.82, 2.24) is 14.9 Å². The first-order valence-corrected chi connectivity index (χ1v) is 8.91. The zero-order valence-corrected chi connectivity index (χ0v) is 14.3. The lowest BCUT2D eigenvalue weighted by atomic mass is 9.70. The van der Waals surface area contributed by atoms with E-state index in [1.807, 2.05) is 11.8 Å². The molecule has 2 heterocycles. The average Bonchev–Trinajstić information content (AvgIpc) is 3.07. The topological polar surface area (TPSA) is 58.2 Å². The Kier molecular flexibility index (Phi) is 3.98. The number of imidazole rings is 1. The number of aromatic amines is 1. The van der Waals surface area contributed by atoms with Crippen molar-refractivity contribution in [2.24, 2.45) is 0 Å². The monoisotopic (exact) mass is 343 g/mol. The summed E-state index contributed by atoms with van der Waals surface area (Å²) in [7, 11) is 0. The molecule has 25 heavy (non-hydrogen) atoms. The number of aromatic nitrogens is 2. The molecule has 0 bridgehead atoms. The van der Waals surface area contributed by atoms with Gasteiger partial charge in [-0.15, -0.1) is 0 Å². The van der Waals surface area contributed by atoms with Gasteiger partial charge in [0.25, 0.3) is 5.91 Å². The summed E-state index contributed by atoms with van der Waals surface area (Å²) in [6, 6.07) is 6.22. The normalized spacial score (nSPS) is 19.2. The van der Waals surface area contributed by atoms with Crippen molar-refractivity contribution in [1.29, 1.82) is 0 Å². The van der Waals surface area contributed by atoms with Crippen LogP contribution in [-0.2, 0) is 16.8 Å². The summed E-state index contributed by atoms with van der Waals surface area (Å²) in [6.45, 7) is 2.53. The first-order chi connectivity index (χ1) is 12.2. The molecule has 6 heteroatoms. The van der Waals surface area contributed by atoms with Gasteiger partial charge in [-0.3, -0.25) is 4.79 Å². The fourth-order valence-corrected chi connectivity index (χ4v) is 3.99. The zero-order chi connectivity index (χ0) is 17.4. The van der Waals surface area contributed by atoms with Crippen molar-refractivity contribution in [3.05, 3.63) is 47.8 Å². The van der Waals surface area contributed by atoms with Crippen LogP contribution in [0.5, 0.6) is 5.75 Å². The van der Waals surface area contributed by atoms with Crippen molar-refractivity contribution in [3.63, 3.8) is 0 Å². The molecule has 0 saturated heterocycles. The molecule has 1 fully saturated rings. The van der Waals surface area contributed by atoms with Crippen molar-refractivity contribution >= 4 is 5.91 Å². The molecule has 1 N–H and O–H groups in total. The number of para-hydroxylation sites is 1. The second-order valence-corrected chi connectivity index (χ2v) is 6.80. The van der Waals surface area contributed by atoms with Crippen LogP contribution in [0.4, 0.5) is 4.39 Å². The van der Waals surface area contributed by atoms with E-state index in [0.717, 1.165) is 37.1 Å². The van der Waals surface area contributed by atoms with Gasteiger partial charge in [0.1, 0.15) is 0 Å². The van der Waals surface area contributed by atoms with Crippen molar-refractivity contribution < 1.29 is 13.9 Å². The number of H-pyrrole nitrogens is 1. The van der Waals surface area contributed by atoms with Gasteiger partial charge in [-0.25, -0.2) is 9.37 Å². The van der Waals surface area contributed by atoms with Crippen LogP contribution in [0.25, 0.3) is 0 Å². The predicted molar refractivity (Wildman–Crippen MR) is 90.6 cm³/mol. The number of carbonyl (C=O) groups is 1. The molecule has 1 amide bonds. The number of hydrogen-bond donors (Lipinski definition) is 1. The van der Waals surface area contributed by atoms with Crippen LogP contribution in [0.1, 0.15) is 44.0 Å². The maximum Gasteiger partial charge on any atom is 0.264 e. The maximum absolute atomic E-state index is 13.9. The van der Waals surface area contributed by atoms with E-state index in [9.17, 15) is 9.18 Å². The van der Waals surface area contributed by atoms with Crippen LogP contribution >= 0.6 is 0 Å². The fourth-order valence-electron chi connectivity index (χ4n) is 3.99. The molecular formula is C19H22FN3O2.